The number of aryl methyl sites for hydroxylation is 1. The van der Waals surface area contributed by atoms with Crippen LogP contribution in [-0.4, -0.2) is 27.8 Å². The molecule has 0 saturated heterocycles. The molecule has 154 valence electrons. The molecular weight excluding hydrogens is 387 g/mol. The van der Waals surface area contributed by atoms with Gasteiger partial charge in [-0.25, -0.2) is 4.79 Å². The molecular formula is C20H20F3N3O3. The average Bonchev–Trinajstić information content (AvgIpc) is 2.96. The number of nitrogens with zero attached hydrogens (tertiary/aromatic N) is 2. The van der Waals surface area contributed by atoms with Crippen LogP contribution < -0.4 is 15.7 Å². The third kappa shape index (κ3) is 4.98. The van der Waals surface area contributed by atoms with Crippen molar-refractivity contribution < 1.29 is 22.7 Å². The van der Waals surface area contributed by atoms with E-state index in [1.54, 1.807) is 28.8 Å². The van der Waals surface area contributed by atoms with Gasteiger partial charge in [0.1, 0.15) is 12.3 Å². The van der Waals surface area contributed by atoms with Crippen LogP contribution in [0.3, 0.4) is 0 Å². The van der Waals surface area contributed by atoms with Crippen LogP contribution in [0.25, 0.3) is 11.0 Å². The number of aromatic nitrogens is 2. The van der Waals surface area contributed by atoms with Crippen LogP contribution in [0, 0.1) is 0 Å². The van der Waals surface area contributed by atoms with E-state index in [-0.39, 0.29) is 30.4 Å². The van der Waals surface area contributed by atoms with Crippen LogP contribution in [0.1, 0.15) is 12.5 Å². The molecule has 1 heterocycles. The minimum absolute atomic E-state index is 0.0938. The van der Waals surface area contributed by atoms with Gasteiger partial charge in [0, 0.05) is 13.1 Å². The fourth-order valence-corrected chi connectivity index (χ4v) is 3.00. The van der Waals surface area contributed by atoms with Gasteiger partial charge in [-0.1, -0.05) is 24.3 Å². The number of hydrogen-bond acceptors (Lipinski definition) is 3. The van der Waals surface area contributed by atoms with Crippen molar-refractivity contribution in [2.24, 2.45) is 0 Å². The molecule has 1 N–H and O–H groups in total. The number of carbonyl (C=O) groups excluding carboxylic acids is 1. The molecule has 3 rings (SSSR count). The first-order valence-electron chi connectivity index (χ1n) is 9.01. The predicted molar refractivity (Wildman–Crippen MR) is 102 cm³/mol. The third-order valence-corrected chi connectivity index (χ3v) is 4.36. The Labute approximate surface area is 164 Å². The number of nitrogens with one attached hydrogen (secondary N) is 1. The standard InChI is InChI=1S/C20H20F3N3O3/c1-2-25-16-5-3-4-6-17(16)26(19(25)28)12-18(27)24-11-14-7-9-15(10-8-14)29-13-20(21,22)23/h3-10H,2,11-13H2,1H3,(H,24,27). The first-order valence-corrected chi connectivity index (χ1v) is 9.01. The van der Waals surface area contributed by atoms with Gasteiger partial charge in [0.2, 0.25) is 5.91 Å². The van der Waals surface area contributed by atoms with Gasteiger partial charge in [-0.15, -0.1) is 0 Å². The second kappa shape index (κ2) is 8.42. The summed E-state index contributed by atoms with van der Waals surface area (Å²) in [6.07, 6.45) is -4.40. The lowest BCUT2D eigenvalue weighted by atomic mass is 10.2. The molecule has 0 radical (unpaired) electrons. The van der Waals surface area contributed by atoms with E-state index in [0.29, 0.717) is 17.6 Å². The highest BCUT2D eigenvalue weighted by Crippen LogP contribution is 2.19. The zero-order chi connectivity index (χ0) is 21.0. The summed E-state index contributed by atoms with van der Waals surface area (Å²) < 4.78 is 44.1. The fourth-order valence-electron chi connectivity index (χ4n) is 3.00. The molecule has 0 spiro atoms. The van der Waals surface area contributed by atoms with Crippen molar-refractivity contribution in [2.45, 2.75) is 32.7 Å². The highest BCUT2D eigenvalue weighted by Gasteiger charge is 2.28. The van der Waals surface area contributed by atoms with E-state index >= 15 is 0 Å². The Morgan fingerprint density at radius 3 is 2.24 bits per heavy atom. The summed E-state index contributed by atoms with van der Waals surface area (Å²) in [4.78, 5) is 24.9. The minimum atomic E-state index is -4.40. The van der Waals surface area contributed by atoms with E-state index < -0.39 is 12.8 Å². The topological polar surface area (TPSA) is 65.3 Å². The summed E-state index contributed by atoms with van der Waals surface area (Å²) in [7, 11) is 0. The SMILES string of the molecule is CCn1c(=O)n(CC(=O)NCc2ccc(OCC(F)(F)F)cc2)c2ccccc21. The van der Waals surface area contributed by atoms with Crippen molar-refractivity contribution in [2.75, 3.05) is 6.61 Å². The van der Waals surface area contributed by atoms with Gasteiger partial charge in [-0.05, 0) is 36.8 Å². The van der Waals surface area contributed by atoms with E-state index in [4.69, 9.17) is 0 Å². The lowest BCUT2D eigenvalue weighted by Crippen LogP contribution is -2.32. The van der Waals surface area contributed by atoms with Gasteiger partial charge in [0.15, 0.2) is 6.61 Å². The lowest BCUT2D eigenvalue weighted by molar-refractivity contribution is -0.153. The maximum atomic E-state index is 12.6. The molecule has 1 amide bonds. The van der Waals surface area contributed by atoms with Crippen LogP contribution in [0.2, 0.25) is 0 Å². The summed E-state index contributed by atoms with van der Waals surface area (Å²) in [5.41, 5.74) is 1.89. The molecule has 9 heteroatoms. The number of benzene rings is 2. The number of fused-ring (bicyclic) bond motifs is 1. The third-order valence-electron chi connectivity index (χ3n) is 4.36. The second-order valence-electron chi connectivity index (χ2n) is 6.43. The molecule has 1 aromatic heterocycles. The highest BCUT2D eigenvalue weighted by atomic mass is 19.4. The summed E-state index contributed by atoms with van der Waals surface area (Å²) in [6, 6.07) is 13.2. The van der Waals surface area contributed by atoms with Gasteiger partial charge in [0.05, 0.1) is 11.0 Å². The fraction of sp³-hybridized carbons (Fsp3) is 0.300. The Kier molecular flexibility index (Phi) is 5.95. The molecule has 0 aliphatic rings. The Bertz CT molecular complexity index is 1050. The number of imidazole rings is 1. The molecule has 0 bridgehead atoms. The van der Waals surface area contributed by atoms with Gasteiger partial charge >= 0.3 is 11.9 Å². The predicted octanol–water partition coefficient (Wildman–Crippen LogP) is 3.08. The Hall–Kier alpha value is -3.23. The van der Waals surface area contributed by atoms with Crippen LogP contribution in [0.4, 0.5) is 13.2 Å². The minimum Gasteiger partial charge on any atom is -0.484 e. The highest BCUT2D eigenvalue weighted by molar-refractivity contribution is 5.80. The molecule has 0 unspecified atom stereocenters. The second-order valence-corrected chi connectivity index (χ2v) is 6.43. The maximum Gasteiger partial charge on any atom is 0.422 e. The van der Waals surface area contributed by atoms with Gasteiger partial charge < -0.3 is 10.1 Å². The first-order chi connectivity index (χ1) is 13.8. The van der Waals surface area contributed by atoms with E-state index in [9.17, 15) is 22.8 Å². The van der Waals surface area contributed by atoms with E-state index in [1.807, 2.05) is 19.1 Å². The molecule has 3 aromatic rings. The molecule has 6 nitrogen and oxygen atoms in total. The number of rotatable bonds is 7. The number of para-hydroxylation sites is 2. The summed E-state index contributed by atoms with van der Waals surface area (Å²) in [5, 5.41) is 2.71. The Morgan fingerprint density at radius 2 is 1.66 bits per heavy atom. The molecule has 0 fully saturated rings. The summed E-state index contributed by atoms with van der Waals surface area (Å²) >= 11 is 0. The largest absolute Gasteiger partial charge is 0.484 e. The summed E-state index contributed by atoms with van der Waals surface area (Å²) in [6.45, 7) is 1.05. The quantitative estimate of drug-likeness (QED) is 0.655. The van der Waals surface area contributed by atoms with Crippen molar-refractivity contribution in [1.82, 2.24) is 14.5 Å². The number of ether oxygens (including phenoxy) is 1. The Morgan fingerprint density at radius 1 is 1.03 bits per heavy atom. The number of alkyl halides is 3. The number of amides is 1. The van der Waals surface area contributed by atoms with Crippen LogP contribution in [0.5, 0.6) is 5.75 Å². The number of halogens is 3. The van der Waals surface area contributed by atoms with Gasteiger partial charge in [-0.3, -0.25) is 13.9 Å². The molecule has 0 aliphatic carbocycles. The monoisotopic (exact) mass is 407 g/mol. The zero-order valence-corrected chi connectivity index (χ0v) is 15.7. The summed E-state index contributed by atoms with van der Waals surface area (Å²) in [5.74, 6) is -0.250. The molecule has 0 saturated carbocycles. The first kappa shape index (κ1) is 20.5. The van der Waals surface area contributed by atoms with Crippen LogP contribution in [0.15, 0.2) is 53.3 Å². The van der Waals surface area contributed by atoms with Crippen LogP contribution >= 0.6 is 0 Å². The molecule has 2 aromatic carbocycles. The molecule has 0 aliphatic heterocycles. The number of carbonyl (C=O) groups is 1. The molecule has 29 heavy (non-hydrogen) atoms. The zero-order valence-electron chi connectivity index (χ0n) is 15.7. The van der Waals surface area contributed by atoms with Crippen molar-refractivity contribution >= 4 is 16.9 Å². The van der Waals surface area contributed by atoms with Crippen molar-refractivity contribution in [3.05, 3.63) is 64.6 Å². The number of hydrogen-bond donors (Lipinski definition) is 1. The maximum absolute atomic E-state index is 12.6. The molecule has 0 atom stereocenters. The Balaban J connectivity index is 1.62. The van der Waals surface area contributed by atoms with E-state index in [1.165, 1.54) is 16.7 Å². The van der Waals surface area contributed by atoms with Crippen molar-refractivity contribution in [3.63, 3.8) is 0 Å². The van der Waals surface area contributed by atoms with Crippen molar-refractivity contribution in [1.29, 1.82) is 0 Å². The lowest BCUT2D eigenvalue weighted by Gasteiger charge is -2.10. The van der Waals surface area contributed by atoms with E-state index in [2.05, 4.69) is 10.1 Å². The van der Waals surface area contributed by atoms with Crippen molar-refractivity contribution in [3.8, 4) is 5.75 Å². The van der Waals surface area contributed by atoms with Crippen LogP contribution in [-0.2, 0) is 24.4 Å². The average molecular weight is 407 g/mol. The van der Waals surface area contributed by atoms with Gasteiger partial charge in [0.25, 0.3) is 0 Å². The smallest absolute Gasteiger partial charge is 0.422 e. The van der Waals surface area contributed by atoms with E-state index in [0.717, 1.165) is 5.52 Å². The van der Waals surface area contributed by atoms with Gasteiger partial charge in [-0.2, -0.15) is 13.2 Å². The normalized spacial score (nSPS) is 11.6.